The topological polar surface area (TPSA) is 58.2 Å². The molecule has 0 aliphatic heterocycles. The number of benzene rings is 1. The molecule has 0 saturated heterocycles. The molecule has 0 spiro atoms. The Bertz CT molecular complexity index is 579. The Hall–Kier alpha value is -1.79. The van der Waals surface area contributed by atoms with Crippen molar-refractivity contribution in [2.75, 3.05) is 5.32 Å². The van der Waals surface area contributed by atoms with Crippen LogP contribution in [0.1, 0.15) is 15.2 Å². The average molecular weight is 292 g/mol. The van der Waals surface area contributed by atoms with E-state index < -0.39 is 0 Å². The zero-order valence-electron chi connectivity index (χ0n) is 9.92. The van der Waals surface area contributed by atoms with Crippen molar-refractivity contribution < 1.29 is 9.59 Å². The van der Waals surface area contributed by atoms with Crippen LogP contribution in [-0.2, 0) is 6.54 Å². The lowest BCUT2D eigenvalue weighted by molar-refractivity contribution is 0.112. The molecule has 2 rings (SSSR count). The second kappa shape index (κ2) is 6.40. The number of hydrogen-bond acceptors (Lipinski definition) is 4. The van der Waals surface area contributed by atoms with Crippen molar-refractivity contribution in [2.24, 2.45) is 0 Å². The van der Waals surface area contributed by atoms with Gasteiger partial charge in [0.15, 0.2) is 6.29 Å². The van der Waals surface area contributed by atoms with Crippen molar-refractivity contribution in [3.05, 3.63) is 46.2 Å². The van der Waals surface area contributed by atoms with Gasteiger partial charge in [-0.15, -0.1) is 24.0 Å². The summed E-state index contributed by atoms with van der Waals surface area (Å²) in [6, 6.07) is 8.87. The van der Waals surface area contributed by atoms with Crippen molar-refractivity contribution >= 4 is 42.0 Å². The Kier molecular flexibility index (Phi) is 4.59. The van der Waals surface area contributed by atoms with Gasteiger partial charge in [0.1, 0.15) is 0 Å². The summed E-state index contributed by atoms with van der Waals surface area (Å²) in [7, 11) is 0. The molecule has 0 aliphatic rings. The fourth-order valence-electron chi connectivity index (χ4n) is 1.48. The first-order valence-corrected chi connectivity index (χ1v) is 6.87. The number of aldehydes is 1. The molecular weight excluding hydrogens is 280 g/mol. The van der Waals surface area contributed by atoms with Gasteiger partial charge in [-0.2, -0.15) is 0 Å². The van der Waals surface area contributed by atoms with Crippen LogP contribution in [0.15, 0.2) is 40.6 Å². The van der Waals surface area contributed by atoms with Crippen LogP contribution < -0.4 is 10.6 Å². The van der Waals surface area contributed by atoms with E-state index in [0.29, 0.717) is 17.1 Å². The second-order valence-electron chi connectivity index (χ2n) is 3.79. The summed E-state index contributed by atoms with van der Waals surface area (Å²) in [5.74, 6) is 0. The molecule has 1 aromatic heterocycles. The summed E-state index contributed by atoms with van der Waals surface area (Å²) in [5.41, 5.74) is 1.51. The van der Waals surface area contributed by atoms with Crippen molar-refractivity contribution in [2.45, 2.75) is 11.4 Å². The van der Waals surface area contributed by atoms with Crippen LogP contribution in [0.25, 0.3) is 0 Å². The molecule has 1 aromatic carbocycles. The Balaban J connectivity index is 1.88. The number of carbonyl (C=O) groups is 2. The Morgan fingerprint density at radius 2 is 2.00 bits per heavy atom. The van der Waals surface area contributed by atoms with Crippen molar-refractivity contribution in [3.8, 4) is 0 Å². The van der Waals surface area contributed by atoms with Gasteiger partial charge in [-0.25, -0.2) is 4.79 Å². The Morgan fingerprint density at radius 3 is 2.68 bits per heavy atom. The normalized spacial score (nSPS) is 9.95. The molecular formula is C13H12N2O2S2. The summed E-state index contributed by atoms with van der Waals surface area (Å²) in [5, 5.41) is 7.11. The van der Waals surface area contributed by atoms with E-state index in [2.05, 4.69) is 23.3 Å². The van der Waals surface area contributed by atoms with Crippen molar-refractivity contribution in [3.63, 3.8) is 0 Å². The molecule has 4 nitrogen and oxygen atoms in total. The molecule has 0 unspecified atom stereocenters. The fourth-order valence-corrected chi connectivity index (χ4v) is 2.28. The molecule has 0 radical (unpaired) electrons. The molecule has 19 heavy (non-hydrogen) atoms. The van der Waals surface area contributed by atoms with Gasteiger partial charge in [-0.05, 0) is 29.1 Å². The van der Waals surface area contributed by atoms with Crippen LogP contribution in [0.3, 0.4) is 0 Å². The summed E-state index contributed by atoms with van der Waals surface area (Å²) in [6.45, 7) is 0.417. The van der Waals surface area contributed by atoms with Gasteiger partial charge < -0.3 is 10.6 Å². The second-order valence-corrected chi connectivity index (χ2v) is 5.25. The van der Waals surface area contributed by atoms with E-state index in [4.69, 9.17) is 0 Å². The summed E-state index contributed by atoms with van der Waals surface area (Å²) in [6.07, 6.45) is 0.728. The monoisotopic (exact) mass is 292 g/mol. The minimum Gasteiger partial charge on any atom is -0.334 e. The zero-order valence-corrected chi connectivity index (χ0v) is 11.6. The van der Waals surface area contributed by atoms with Gasteiger partial charge >= 0.3 is 6.03 Å². The van der Waals surface area contributed by atoms with Crippen molar-refractivity contribution in [1.29, 1.82) is 0 Å². The molecule has 0 bridgehead atoms. The van der Waals surface area contributed by atoms with Crippen molar-refractivity contribution in [1.82, 2.24) is 5.32 Å². The molecule has 6 heteroatoms. The van der Waals surface area contributed by atoms with Crippen LogP contribution in [0.2, 0.25) is 0 Å². The number of anilines is 1. The van der Waals surface area contributed by atoms with Gasteiger partial charge in [-0.3, -0.25) is 4.79 Å². The number of thiophene rings is 1. The molecule has 0 fully saturated rings. The molecule has 1 heterocycles. The number of hydrogen-bond donors (Lipinski definition) is 3. The Labute approximate surface area is 120 Å². The highest BCUT2D eigenvalue weighted by atomic mass is 32.1. The third-order valence-electron chi connectivity index (χ3n) is 2.44. The first-order chi connectivity index (χ1) is 9.19. The maximum atomic E-state index is 11.7. The van der Waals surface area contributed by atoms with Crippen LogP contribution in [-0.4, -0.2) is 12.3 Å². The number of urea groups is 1. The summed E-state index contributed by atoms with van der Waals surface area (Å²) < 4.78 is 0. The quantitative estimate of drug-likeness (QED) is 0.599. The van der Waals surface area contributed by atoms with Crippen LogP contribution in [0.5, 0.6) is 0 Å². The lowest BCUT2D eigenvalue weighted by atomic mass is 10.2. The molecule has 0 saturated carbocycles. The first-order valence-electron chi connectivity index (χ1n) is 5.54. The highest BCUT2D eigenvalue weighted by Gasteiger charge is 2.07. The van der Waals surface area contributed by atoms with Gasteiger partial charge in [0, 0.05) is 11.4 Å². The lowest BCUT2D eigenvalue weighted by Gasteiger charge is -2.07. The first kappa shape index (κ1) is 13.6. The highest BCUT2D eigenvalue weighted by molar-refractivity contribution is 7.80. The van der Waals surface area contributed by atoms with E-state index in [1.807, 2.05) is 24.3 Å². The van der Waals surface area contributed by atoms with E-state index >= 15 is 0 Å². The summed E-state index contributed by atoms with van der Waals surface area (Å²) in [4.78, 5) is 23.8. The number of carbonyl (C=O) groups excluding carboxylic acids is 2. The number of nitrogens with one attached hydrogen (secondary N) is 2. The predicted molar refractivity (Wildman–Crippen MR) is 79.3 cm³/mol. The van der Waals surface area contributed by atoms with E-state index in [9.17, 15) is 9.59 Å². The van der Waals surface area contributed by atoms with E-state index in [1.54, 1.807) is 11.4 Å². The molecule has 0 aliphatic carbocycles. The third-order valence-corrected chi connectivity index (χ3v) is 3.58. The molecule has 2 amide bonds. The van der Waals surface area contributed by atoms with Crippen LogP contribution in [0.4, 0.5) is 10.5 Å². The minimum atomic E-state index is -0.337. The van der Waals surface area contributed by atoms with E-state index in [0.717, 1.165) is 16.7 Å². The molecule has 0 atom stereocenters. The fraction of sp³-hybridized carbons (Fsp3) is 0.0769. The maximum Gasteiger partial charge on any atom is 0.319 e. The molecule has 2 N–H and O–H groups in total. The highest BCUT2D eigenvalue weighted by Crippen LogP contribution is 2.19. The van der Waals surface area contributed by atoms with E-state index in [1.165, 1.54) is 11.3 Å². The predicted octanol–water partition coefficient (Wildman–Crippen LogP) is 3.17. The minimum absolute atomic E-state index is 0.337. The van der Waals surface area contributed by atoms with Crippen LogP contribution in [0, 0.1) is 0 Å². The average Bonchev–Trinajstić information content (AvgIpc) is 2.85. The number of rotatable bonds is 4. The van der Waals surface area contributed by atoms with E-state index in [-0.39, 0.29) is 6.03 Å². The molecule has 98 valence electrons. The van der Waals surface area contributed by atoms with Crippen LogP contribution >= 0.6 is 24.0 Å². The summed E-state index contributed by atoms with van der Waals surface area (Å²) >= 11 is 5.48. The SMILES string of the molecule is O=Cc1sccc1NC(=O)NCc1ccc(S)cc1. The largest absolute Gasteiger partial charge is 0.334 e. The smallest absolute Gasteiger partial charge is 0.319 e. The standard InChI is InChI=1S/C13H12N2O2S2/c16-8-12-11(5-6-19-12)15-13(17)14-7-9-1-3-10(18)4-2-9/h1-6,8,18H,7H2,(H2,14,15,17). The van der Waals surface area contributed by atoms with Gasteiger partial charge in [-0.1, -0.05) is 12.1 Å². The lowest BCUT2D eigenvalue weighted by Crippen LogP contribution is -2.28. The van der Waals surface area contributed by atoms with Gasteiger partial charge in [0.05, 0.1) is 10.6 Å². The third kappa shape index (κ3) is 3.84. The maximum absolute atomic E-state index is 11.7. The Morgan fingerprint density at radius 1 is 1.26 bits per heavy atom. The number of amides is 2. The molecule has 2 aromatic rings. The van der Waals surface area contributed by atoms with Gasteiger partial charge in [0.2, 0.25) is 0 Å². The zero-order chi connectivity index (χ0) is 13.7. The van der Waals surface area contributed by atoms with Gasteiger partial charge in [0.25, 0.3) is 0 Å². The number of thiol groups is 1.